The Kier molecular flexibility index (Phi) is 4.78. The van der Waals surface area contributed by atoms with Gasteiger partial charge in [-0.3, -0.25) is 4.79 Å². The van der Waals surface area contributed by atoms with E-state index in [0.717, 1.165) is 0 Å². The van der Waals surface area contributed by atoms with E-state index >= 15 is 0 Å². The van der Waals surface area contributed by atoms with Crippen molar-refractivity contribution in [1.29, 1.82) is 0 Å². The number of amides is 1. The molecule has 1 atom stereocenters. The van der Waals surface area contributed by atoms with Crippen LogP contribution in [0.25, 0.3) is 0 Å². The topological polar surface area (TPSA) is 55.4 Å². The molecule has 15 heavy (non-hydrogen) atoms. The first-order valence-electron chi connectivity index (χ1n) is 5.12. The molecule has 1 unspecified atom stereocenters. The number of hydrogen-bond acceptors (Lipinski definition) is 3. The number of ketones is 1. The molecule has 0 aromatic heterocycles. The summed E-state index contributed by atoms with van der Waals surface area (Å²) in [4.78, 5) is 22.7. The molecule has 0 aliphatic rings. The first-order chi connectivity index (χ1) is 6.64. The number of alkyl carbamates (subject to hydrolysis) is 1. The van der Waals surface area contributed by atoms with Crippen LogP contribution in [-0.2, 0) is 9.53 Å². The lowest BCUT2D eigenvalue weighted by Crippen LogP contribution is -2.48. The van der Waals surface area contributed by atoms with Crippen molar-refractivity contribution in [2.45, 2.75) is 53.7 Å². The van der Waals surface area contributed by atoms with Crippen LogP contribution in [-0.4, -0.2) is 24.0 Å². The summed E-state index contributed by atoms with van der Waals surface area (Å²) in [6.07, 6.45) is -0.724. The fraction of sp³-hybridized carbons (Fsp3) is 0.818. The summed E-state index contributed by atoms with van der Waals surface area (Å²) in [6, 6.07) is -0.510. The smallest absolute Gasteiger partial charge is 0.407 e. The van der Waals surface area contributed by atoms with Gasteiger partial charge in [0, 0.05) is 0 Å². The van der Waals surface area contributed by atoms with Crippen LogP contribution >= 0.6 is 0 Å². The van der Waals surface area contributed by atoms with Gasteiger partial charge in [0.25, 0.3) is 0 Å². The predicted molar refractivity (Wildman–Crippen MR) is 58.7 cm³/mol. The standard InChI is InChI=1S/C11H21NO3/c1-7(2)15-10(14)12-9(8(3)13)11(4,5)6/h7,9H,1-6H3,(H,12,14). The second kappa shape index (κ2) is 5.14. The maximum Gasteiger partial charge on any atom is 0.407 e. The second-order valence-corrected chi connectivity index (χ2v) is 5.01. The predicted octanol–water partition coefficient (Wildman–Crippen LogP) is 2.12. The Morgan fingerprint density at radius 2 is 1.67 bits per heavy atom. The summed E-state index contributed by atoms with van der Waals surface area (Å²) >= 11 is 0. The maximum absolute atomic E-state index is 11.3. The van der Waals surface area contributed by atoms with Crippen LogP contribution in [0.3, 0.4) is 0 Å². The SMILES string of the molecule is CC(=O)C(NC(=O)OC(C)C)C(C)(C)C. The summed E-state index contributed by atoms with van der Waals surface area (Å²) < 4.78 is 4.92. The van der Waals surface area contributed by atoms with E-state index in [1.165, 1.54) is 6.92 Å². The highest BCUT2D eigenvalue weighted by Crippen LogP contribution is 2.20. The van der Waals surface area contributed by atoms with Crippen molar-refractivity contribution < 1.29 is 14.3 Å². The minimum absolute atomic E-state index is 0.0665. The molecule has 4 heteroatoms. The molecule has 1 amide bonds. The molecule has 0 saturated carbocycles. The molecule has 0 aliphatic heterocycles. The number of carbonyl (C=O) groups is 2. The number of carbonyl (C=O) groups excluding carboxylic acids is 2. The van der Waals surface area contributed by atoms with Crippen molar-refractivity contribution >= 4 is 11.9 Å². The number of Topliss-reactive ketones (excluding diaryl/α,β-unsaturated/α-hetero) is 1. The highest BCUT2D eigenvalue weighted by molar-refractivity contribution is 5.86. The van der Waals surface area contributed by atoms with Crippen molar-refractivity contribution in [2.75, 3.05) is 0 Å². The van der Waals surface area contributed by atoms with Crippen LogP contribution in [0.5, 0.6) is 0 Å². The summed E-state index contributed by atoms with van der Waals surface area (Å²) in [6.45, 7) is 10.7. The van der Waals surface area contributed by atoms with Crippen LogP contribution in [0.15, 0.2) is 0 Å². The zero-order valence-corrected chi connectivity index (χ0v) is 10.4. The normalized spacial score (nSPS) is 13.5. The van der Waals surface area contributed by atoms with Gasteiger partial charge < -0.3 is 10.1 Å². The molecule has 1 N–H and O–H groups in total. The van der Waals surface area contributed by atoms with E-state index in [4.69, 9.17) is 4.74 Å². The number of hydrogen-bond donors (Lipinski definition) is 1. The van der Waals surface area contributed by atoms with E-state index in [1.54, 1.807) is 13.8 Å². The largest absolute Gasteiger partial charge is 0.447 e. The summed E-state index contributed by atoms with van der Waals surface area (Å²) in [7, 11) is 0. The van der Waals surface area contributed by atoms with E-state index in [2.05, 4.69) is 5.32 Å². The van der Waals surface area contributed by atoms with Crippen LogP contribution in [0, 0.1) is 5.41 Å². The van der Waals surface area contributed by atoms with Gasteiger partial charge in [0.15, 0.2) is 5.78 Å². The van der Waals surface area contributed by atoms with Crippen molar-refractivity contribution in [3.8, 4) is 0 Å². The van der Waals surface area contributed by atoms with E-state index in [1.807, 2.05) is 20.8 Å². The first kappa shape index (κ1) is 13.9. The van der Waals surface area contributed by atoms with Crippen molar-refractivity contribution in [2.24, 2.45) is 5.41 Å². The third-order valence-electron chi connectivity index (χ3n) is 1.88. The van der Waals surface area contributed by atoms with E-state index in [-0.39, 0.29) is 17.3 Å². The Morgan fingerprint density at radius 1 is 1.20 bits per heavy atom. The molecule has 0 aliphatic carbocycles. The molecule has 0 bridgehead atoms. The number of ether oxygens (including phenoxy) is 1. The highest BCUT2D eigenvalue weighted by Gasteiger charge is 2.30. The van der Waals surface area contributed by atoms with Gasteiger partial charge in [0.2, 0.25) is 0 Å². The zero-order chi connectivity index (χ0) is 12.2. The Balaban J connectivity index is 4.44. The van der Waals surface area contributed by atoms with Crippen LogP contribution in [0.1, 0.15) is 41.5 Å². The molecule has 0 fully saturated rings. The fourth-order valence-corrected chi connectivity index (χ4v) is 1.29. The molecule has 0 aromatic carbocycles. The Hall–Kier alpha value is -1.06. The van der Waals surface area contributed by atoms with E-state index < -0.39 is 12.1 Å². The second-order valence-electron chi connectivity index (χ2n) is 5.01. The average Bonchev–Trinajstić information content (AvgIpc) is 1.95. The zero-order valence-electron chi connectivity index (χ0n) is 10.4. The van der Waals surface area contributed by atoms with Crippen LogP contribution in [0.2, 0.25) is 0 Å². The summed E-state index contributed by atoms with van der Waals surface area (Å²) in [5, 5.41) is 2.58. The van der Waals surface area contributed by atoms with Gasteiger partial charge in [-0.15, -0.1) is 0 Å². The molecule has 0 radical (unpaired) electrons. The fourth-order valence-electron chi connectivity index (χ4n) is 1.29. The van der Waals surface area contributed by atoms with Crippen LogP contribution < -0.4 is 5.32 Å². The lowest BCUT2D eigenvalue weighted by molar-refractivity contribution is -0.121. The Labute approximate surface area is 91.4 Å². The van der Waals surface area contributed by atoms with E-state index in [0.29, 0.717) is 0 Å². The molecule has 0 saturated heterocycles. The van der Waals surface area contributed by atoms with Crippen molar-refractivity contribution in [3.63, 3.8) is 0 Å². The molecular formula is C11H21NO3. The molecule has 0 rings (SSSR count). The minimum Gasteiger partial charge on any atom is -0.447 e. The van der Waals surface area contributed by atoms with Gasteiger partial charge in [-0.1, -0.05) is 20.8 Å². The maximum atomic E-state index is 11.3. The Morgan fingerprint density at radius 3 is 1.93 bits per heavy atom. The lowest BCUT2D eigenvalue weighted by Gasteiger charge is -2.29. The monoisotopic (exact) mass is 215 g/mol. The highest BCUT2D eigenvalue weighted by atomic mass is 16.6. The molecular weight excluding hydrogens is 194 g/mol. The quantitative estimate of drug-likeness (QED) is 0.784. The van der Waals surface area contributed by atoms with E-state index in [9.17, 15) is 9.59 Å². The molecule has 0 spiro atoms. The van der Waals surface area contributed by atoms with Gasteiger partial charge >= 0.3 is 6.09 Å². The average molecular weight is 215 g/mol. The third kappa shape index (κ3) is 5.40. The van der Waals surface area contributed by atoms with Gasteiger partial charge in [-0.25, -0.2) is 4.79 Å². The van der Waals surface area contributed by atoms with Crippen molar-refractivity contribution in [1.82, 2.24) is 5.32 Å². The number of rotatable bonds is 3. The minimum atomic E-state index is -0.542. The molecule has 4 nitrogen and oxygen atoms in total. The summed E-state index contributed by atoms with van der Waals surface area (Å²) in [5.41, 5.74) is -0.304. The number of nitrogens with one attached hydrogen (secondary N) is 1. The van der Waals surface area contributed by atoms with Crippen molar-refractivity contribution in [3.05, 3.63) is 0 Å². The van der Waals surface area contributed by atoms with Gasteiger partial charge in [-0.2, -0.15) is 0 Å². The van der Waals surface area contributed by atoms with Gasteiger partial charge in [-0.05, 0) is 26.2 Å². The van der Waals surface area contributed by atoms with Gasteiger partial charge in [0.05, 0.1) is 12.1 Å². The first-order valence-corrected chi connectivity index (χ1v) is 5.12. The van der Waals surface area contributed by atoms with Crippen LogP contribution in [0.4, 0.5) is 4.79 Å². The third-order valence-corrected chi connectivity index (χ3v) is 1.88. The summed E-state index contributed by atoms with van der Waals surface area (Å²) in [5.74, 6) is -0.0665. The molecule has 0 heterocycles. The van der Waals surface area contributed by atoms with Gasteiger partial charge in [0.1, 0.15) is 0 Å². The Bertz CT molecular complexity index is 241. The lowest BCUT2D eigenvalue weighted by atomic mass is 9.85. The molecule has 0 aromatic rings. The molecule has 88 valence electrons.